The molecule has 1 aliphatic rings. The van der Waals surface area contributed by atoms with Crippen molar-refractivity contribution in [2.75, 3.05) is 4.90 Å². The molecule has 1 aliphatic heterocycles. The van der Waals surface area contributed by atoms with E-state index >= 15 is 0 Å². The van der Waals surface area contributed by atoms with Crippen LogP contribution in [0.4, 0.5) is 11.4 Å². The van der Waals surface area contributed by atoms with Crippen molar-refractivity contribution in [3.63, 3.8) is 0 Å². The number of nitrogens with zero attached hydrogens (tertiary/aromatic N) is 2. The molecular weight excluding hydrogens is 464 g/mol. The van der Waals surface area contributed by atoms with Gasteiger partial charge in [0.1, 0.15) is 0 Å². The maximum atomic E-state index is 13.4. The van der Waals surface area contributed by atoms with Crippen LogP contribution in [0, 0.1) is 10.1 Å². The van der Waals surface area contributed by atoms with Crippen molar-refractivity contribution < 1.29 is 19.6 Å². The summed E-state index contributed by atoms with van der Waals surface area (Å²) < 4.78 is 0.636. The van der Waals surface area contributed by atoms with Crippen LogP contribution in [0.3, 0.4) is 0 Å². The SMILES string of the molecule is O=C(C[C@@]1(O)C(=O)N(Cc2ccccc2)c2ccc(Br)cc21)c1ccccc1[N+](=O)[O-]. The number of hydrogen-bond acceptors (Lipinski definition) is 5. The summed E-state index contributed by atoms with van der Waals surface area (Å²) in [4.78, 5) is 38.4. The highest BCUT2D eigenvalue weighted by molar-refractivity contribution is 9.10. The zero-order chi connectivity index (χ0) is 22.2. The van der Waals surface area contributed by atoms with E-state index in [0.29, 0.717) is 10.2 Å². The second-order valence-electron chi connectivity index (χ2n) is 7.27. The third kappa shape index (κ3) is 3.75. The van der Waals surface area contributed by atoms with Crippen molar-refractivity contribution in [3.8, 4) is 0 Å². The molecule has 0 unspecified atom stereocenters. The third-order valence-corrected chi connectivity index (χ3v) is 5.79. The zero-order valence-electron chi connectivity index (χ0n) is 16.2. The van der Waals surface area contributed by atoms with Gasteiger partial charge in [-0.15, -0.1) is 0 Å². The van der Waals surface area contributed by atoms with Crippen LogP contribution in [0.1, 0.15) is 27.9 Å². The molecule has 3 aromatic carbocycles. The molecule has 0 aliphatic carbocycles. The maximum absolute atomic E-state index is 13.4. The number of nitro benzene ring substituents is 1. The van der Waals surface area contributed by atoms with E-state index in [1.54, 1.807) is 18.2 Å². The topological polar surface area (TPSA) is 101 Å². The standard InChI is InChI=1S/C23H17BrN2O5/c24-16-10-11-20-18(12-16)23(29,22(28)25(20)14-15-6-2-1-3-7-15)13-21(27)17-8-4-5-9-19(17)26(30)31/h1-12,29H,13-14H2/t23-/m0/s1. The number of benzene rings is 3. The summed E-state index contributed by atoms with van der Waals surface area (Å²) in [5.41, 5.74) is -0.998. The Hall–Kier alpha value is -3.36. The molecule has 1 amide bonds. The first-order valence-corrected chi connectivity index (χ1v) is 10.3. The Labute approximate surface area is 186 Å². The van der Waals surface area contributed by atoms with Gasteiger partial charge in [-0.3, -0.25) is 19.7 Å². The Kier molecular flexibility index (Phi) is 5.43. The van der Waals surface area contributed by atoms with Gasteiger partial charge < -0.3 is 10.0 Å². The Morgan fingerprint density at radius 1 is 1.06 bits per heavy atom. The molecule has 0 radical (unpaired) electrons. The molecule has 8 heteroatoms. The fraction of sp³-hybridized carbons (Fsp3) is 0.130. The van der Waals surface area contributed by atoms with Crippen LogP contribution < -0.4 is 4.90 Å². The average molecular weight is 481 g/mol. The predicted molar refractivity (Wildman–Crippen MR) is 118 cm³/mol. The van der Waals surface area contributed by atoms with Gasteiger partial charge in [0.2, 0.25) is 0 Å². The first-order valence-electron chi connectivity index (χ1n) is 9.46. The number of rotatable bonds is 6. The number of hydrogen-bond donors (Lipinski definition) is 1. The Morgan fingerprint density at radius 2 is 1.74 bits per heavy atom. The number of carbonyl (C=O) groups excluding carboxylic acids is 2. The molecule has 0 bridgehead atoms. The van der Waals surface area contributed by atoms with Gasteiger partial charge >= 0.3 is 0 Å². The van der Waals surface area contributed by atoms with E-state index in [0.717, 1.165) is 5.56 Å². The highest BCUT2D eigenvalue weighted by Gasteiger charge is 2.51. The van der Waals surface area contributed by atoms with Gasteiger partial charge in [-0.1, -0.05) is 58.4 Å². The van der Waals surface area contributed by atoms with E-state index in [4.69, 9.17) is 0 Å². The highest BCUT2D eigenvalue weighted by atomic mass is 79.9. The van der Waals surface area contributed by atoms with Crippen LogP contribution in [0.25, 0.3) is 0 Å². The summed E-state index contributed by atoms with van der Waals surface area (Å²) in [7, 11) is 0. The number of para-hydroxylation sites is 1. The van der Waals surface area contributed by atoms with E-state index in [9.17, 15) is 24.8 Å². The minimum Gasteiger partial charge on any atom is -0.375 e. The van der Waals surface area contributed by atoms with Crippen LogP contribution in [-0.4, -0.2) is 21.7 Å². The molecule has 156 valence electrons. The second kappa shape index (κ2) is 8.05. The van der Waals surface area contributed by atoms with E-state index in [1.807, 2.05) is 30.3 Å². The number of amides is 1. The van der Waals surface area contributed by atoms with Crippen molar-refractivity contribution in [1.82, 2.24) is 0 Å². The summed E-state index contributed by atoms with van der Waals surface area (Å²) in [5.74, 6) is -1.33. The number of nitro groups is 1. The lowest BCUT2D eigenvalue weighted by Crippen LogP contribution is -2.41. The van der Waals surface area contributed by atoms with Crippen LogP contribution >= 0.6 is 15.9 Å². The molecule has 1 N–H and O–H groups in total. The van der Waals surface area contributed by atoms with E-state index in [1.165, 1.54) is 29.2 Å². The fourth-order valence-electron chi connectivity index (χ4n) is 3.81. The van der Waals surface area contributed by atoms with Gasteiger partial charge in [-0.25, -0.2) is 0 Å². The molecule has 4 rings (SSSR count). The van der Waals surface area contributed by atoms with Crippen LogP contribution in [0.5, 0.6) is 0 Å². The molecule has 0 fully saturated rings. The van der Waals surface area contributed by atoms with Crippen LogP contribution in [0.15, 0.2) is 77.3 Å². The molecule has 3 aromatic rings. The van der Waals surface area contributed by atoms with Gasteiger partial charge in [0.25, 0.3) is 11.6 Å². The van der Waals surface area contributed by atoms with Crippen LogP contribution in [-0.2, 0) is 16.9 Å². The zero-order valence-corrected chi connectivity index (χ0v) is 17.8. The number of aliphatic hydroxyl groups is 1. The molecule has 31 heavy (non-hydrogen) atoms. The number of fused-ring (bicyclic) bond motifs is 1. The Bertz CT molecular complexity index is 1200. The summed E-state index contributed by atoms with van der Waals surface area (Å²) >= 11 is 3.35. The molecule has 1 heterocycles. The summed E-state index contributed by atoms with van der Waals surface area (Å²) in [5, 5.41) is 22.8. The van der Waals surface area contributed by atoms with Gasteiger partial charge in [0.05, 0.1) is 29.1 Å². The lowest BCUT2D eigenvalue weighted by Gasteiger charge is -2.23. The van der Waals surface area contributed by atoms with Crippen molar-refractivity contribution in [2.24, 2.45) is 0 Å². The number of carbonyl (C=O) groups is 2. The summed E-state index contributed by atoms with van der Waals surface area (Å²) in [6.07, 6.45) is -0.606. The number of Topliss-reactive ketones (excluding diaryl/α,β-unsaturated/α-hetero) is 1. The van der Waals surface area contributed by atoms with Gasteiger partial charge in [-0.2, -0.15) is 0 Å². The Balaban J connectivity index is 1.74. The lowest BCUT2D eigenvalue weighted by molar-refractivity contribution is -0.385. The lowest BCUT2D eigenvalue weighted by atomic mass is 9.88. The van der Waals surface area contributed by atoms with Crippen molar-refractivity contribution in [2.45, 2.75) is 18.6 Å². The molecule has 0 saturated heterocycles. The molecule has 7 nitrogen and oxygen atoms in total. The van der Waals surface area contributed by atoms with E-state index < -0.39 is 28.6 Å². The Morgan fingerprint density at radius 3 is 2.45 bits per heavy atom. The van der Waals surface area contributed by atoms with Gasteiger partial charge in [-0.05, 0) is 29.8 Å². The van der Waals surface area contributed by atoms with Crippen molar-refractivity contribution in [1.29, 1.82) is 0 Å². The fourth-order valence-corrected chi connectivity index (χ4v) is 4.17. The molecule has 0 saturated carbocycles. The first-order chi connectivity index (χ1) is 14.8. The molecule has 0 spiro atoms. The number of halogens is 1. The predicted octanol–water partition coefficient (Wildman–Crippen LogP) is 4.36. The molecule has 1 atom stereocenters. The maximum Gasteiger partial charge on any atom is 0.280 e. The van der Waals surface area contributed by atoms with Gasteiger partial charge in [0.15, 0.2) is 11.4 Å². The quantitative estimate of drug-likeness (QED) is 0.320. The smallest absolute Gasteiger partial charge is 0.280 e. The van der Waals surface area contributed by atoms with Crippen LogP contribution in [0.2, 0.25) is 0 Å². The monoisotopic (exact) mass is 480 g/mol. The minimum atomic E-state index is -2.13. The van der Waals surface area contributed by atoms with Crippen molar-refractivity contribution >= 4 is 39.0 Å². The minimum absolute atomic E-state index is 0.146. The van der Waals surface area contributed by atoms with E-state index in [2.05, 4.69) is 15.9 Å². The number of ketones is 1. The molecular formula is C23H17BrN2O5. The normalized spacial score (nSPS) is 17.5. The first kappa shape index (κ1) is 20.9. The van der Waals surface area contributed by atoms with E-state index in [-0.39, 0.29) is 23.4 Å². The second-order valence-corrected chi connectivity index (χ2v) is 8.19. The third-order valence-electron chi connectivity index (χ3n) is 5.29. The average Bonchev–Trinajstić information content (AvgIpc) is 2.96. The summed E-state index contributed by atoms with van der Waals surface area (Å²) in [6.45, 7) is 0.219. The summed E-state index contributed by atoms with van der Waals surface area (Å²) in [6, 6.07) is 19.9. The highest BCUT2D eigenvalue weighted by Crippen LogP contribution is 2.45. The van der Waals surface area contributed by atoms with Crippen molar-refractivity contribution in [3.05, 3.63) is 104 Å². The largest absolute Gasteiger partial charge is 0.375 e. The molecule has 0 aromatic heterocycles. The number of anilines is 1. The van der Waals surface area contributed by atoms with Gasteiger partial charge in [0, 0.05) is 16.1 Å².